The standard InChI is InChI=1S/C12H13N5OS/c1-17-5-3-4-10(17)8-6-9(15-14-8)12-13-11(7-19-2)16-18-12/h3-6H,7H2,1-2H3,(H,14,15). The van der Waals surface area contributed by atoms with Crippen LogP contribution in [0.5, 0.6) is 0 Å². The third-order valence-corrected chi connectivity index (χ3v) is 3.30. The molecule has 0 saturated heterocycles. The number of aromatic amines is 1. The van der Waals surface area contributed by atoms with Gasteiger partial charge in [-0.15, -0.1) is 0 Å². The topological polar surface area (TPSA) is 72.5 Å². The van der Waals surface area contributed by atoms with E-state index in [1.165, 1.54) is 0 Å². The van der Waals surface area contributed by atoms with E-state index in [4.69, 9.17) is 4.52 Å². The summed E-state index contributed by atoms with van der Waals surface area (Å²) in [7, 11) is 1.98. The molecule has 3 rings (SSSR count). The van der Waals surface area contributed by atoms with Crippen LogP contribution in [-0.2, 0) is 12.8 Å². The van der Waals surface area contributed by atoms with Crippen LogP contribution in [0.3, 0.4) is 0 Å². The quantitative estimate of drug-likeness (QED) is 0.791. The highest BCUT2D eigenvalue weighted by Gasteiger charge is 2.13. The lowest BCUT2D eigenvalue weighted by atomic mass is 10.3. The SMILES string of the molecule is CSCc1noc(-c2cc(-c3cccn3C)n[nH]2)n1. The summed E-state index contributed by atoms with van der Waals surface area (Å²) in [6.07, 6.45) is 3.98. The number of hydrogen-bond acceptors (Lipinski definition) is 5. The zero-order valence-corrected chi connectivity index (χ0v) is 11.4. The molecule has 6 nitrogen and oxygen atoms in total. The number of rotatable bonds is 4. The molecule has 0 aliphatic rings. The van der Waals surface area contributed by atoms with E-state index in [-0.39, 0.29) is 0 Å². The molecule has 1 N–H and O–H groups in total. The van der Waals surface area contributed by atoms with Gasteiger partial charge in [0, 0.05) is 13.2 Å². The lowest BCUT2D eigenvalue weighted by Crippen LogP contribution is -1.88. The molecule has 0 spiro atoms. The lowest BCUT2D eigenvalue weighted by Gasteiger charge is -1.96. The number of H-pyrrole nitrogens is 1. The van der Waals surface area contributed by atoms with E-state index in [9.17, 15) is 0 Å². The number of nitrogens with one attached hydrogen (secondary N) is 1. The Morgan fingerprint density at radius 2 is 2.37 bits per heavy atom. The first-order chi connectivity index (χ1) is 9.28. The Balaban J connectivity index is 1.90. The minimum atomic E-state index is 0.469. The Morgan fingerprint density at radius 1 is 1.47 bits per heavy atom. The maximum absolute atomic E-state index is 5.21. The number of thioether (sulfide) groups is 1. The van der Waals surface area contributed by atoms with Gasteiger partial charge >= 0.3 is 0 Å². The molecule has 0 amide bonds. The maximum atomic E-state index is 5.21. The van der Waals surface area contributed by atoms with Gasteiger partial charge in [-0.1, -0.05) is 5.16 Å². The Kier molecular flexibility index (Phi) is 3.12. The van der Waals surface area contributed by atoms with Gasteiger partial charge in [-0.05, 0) is 24.5 Å². The van der Waals surface area contributed by atoms with Crippen molar-refractivity contribution in [2.75, 3.05) is 6.26 Å². The van der Waals surface area contributed by atoms with Crippen molar-refractivity contribution in [3.8, 4) is 23.0 Å². The fourth-order valence-corrected chi connectivity index (χ4v) is 2.22. The van der Waals surface area contributed by atoms with Gasteiger partial charge in [-0.25, -0.2) is 0 Å². The second-order valence-electron chi connectivity index (χ2n) is 4.12. The van der Waals surface area contributed by atoms with Crippen molar-refractivity contribution in [2.24, 2.45) is 7.05 Å². The van der Waals surface area contributed by atoms with E-state index in [0.717, 1.165) is 22.8 Å². The molecule has 0 fully saturated rings. The smallest absolute Gasteiger partial charge is 0.275 e. The van der Waals surface area contributed by atoms with Gasteiger partial charge in [0.05, 0.1) is 11.4 Å². The summed E-state index contributed by atoms with van der Waals surface area (Å²) in [5.74, 6) is 1.90. The molecule has 0 aromatic carbocycles. The van der Waals surface area contributed by atoms with Crippen LogP contribution in [0.2, 0.25) is 0 Å². The monoisotopic (exact) mass is 275 g/mol. The fourth-order valence-electron chi connectivity index (χ4n) is 1.84. The number of aryl methyl sites for hydroxylation is 1. The first kappa shape index (κ1) is 12.0. The van der Waals surface area contributed by atoms with E-state index in [1.54, 1.807) is 11.8 Å². The summed E-state index contributed by atoms with van der Waals surface area (Å²) in [6.45, 7) is 0. The van der Waals surface area contributed by atoms with Crippen LogP contribution >= 0.6 is 11.8 Å². The van der Waals surface area contributed by atoms with Crippen molar-refractivity contribution < 1.29 is 4.52 Å². The predicted molar refractivity (Wildman–Crippen MR) is 73.5 cm³/mol. The van der Waals surface area contributed by atoms with Gasteiger partial charge in [0.1, 0.15) is 11.4 Å². The summed E-state index contributed by atoms with van der Waals surface area (Å²) in [4.78, 5) is 4.31. The van der Waals surface area contributed by atoms with Gasteiger partial charge in [-0.3, -0.25) is 5.10 Å². The van der Waals surface area contributed by atoms with Crippen LogP contribution in [0.4, 0.5) is 0 Å². The second-order valence-corrected chi connectivity index (χ2v) is 4.99. The van der Waals surface area contributed by atoms with Crippen LogP contribution in [0.1, 0.15) is 5.82 Å². The number of hydrogen-bond donors (Lipinski definition) is 1. The minimum absolute atomic E-state index is 0.469. The van der Waals surface area contributed by atoms with Crippen LogP contribution < -0.4 is 0 Å². The van der Waals surface area contributed by atoms with Crippen molar-refractivity contribution in [1.29, 1.82) is 0 Å². The van der Waals surface area contributed by atoms with Crippen LogP contribution in [-0.4, -0.2) is 31.2 Å². The molecule has 19 heavy (non-hydrogen) atoms. The molecule has 3 aromatic rings. The van der Waals surface area contributed by atoms with Gasteiger partial charge in [0.25, 0.3) is 5.89 Å². The summed E-state index contributed by atoms with van der Waals surface area (Å²) >= 11 is 1.65. The molecule has 0 aliphatic carbocycles. The molecule has 7 heteroatoms. The molecule has 0 aliphatic heterocycles. The number of nitrogens with zero attached hydrogens (tertiary/aromatic N) is 4. The Labute approximate surface area is 114 Å². The molecule has 3 heterocycles. The van der Waals surface area contributed by atoms with Crippen molar-refractivity contribution in [1.82, 2.24) is 24.9 Å². The molecule has 0 radical (unpaired) electrons. The third-order valence-electron chi connectivity index (χ3n) is 2.76. The lowest BCUT2D eigenvalue weighted by molar-refractivity contribution is 0.424. The summed E-state index contributed by atoms with van der Waals surface area (Å²) in [5.41, 5.74) is 2.62. The van der Waals surface area contributed by atoms with Gasteiger partial charge in [-0.2, -0.15) is 21.8 Å². The van der Waals surface area contributed by atoms with E-state index in [0.29, 0.717) is 11.7 Å². The van der Waals surface area contributed by atoms with Crippen molar-refractivity contribution in [3.05, 3.63) is 30.2 Å². The molecular formula is C12H13N5OS. The molecule has 0 bridgehead atoms. The molecule has 0 atom stereocenters. The van der Waals surface area contributed by atoms with Crippen LogP contribution in [0.15, 0.2) is 28.9 Å². The molecule has 0 saturated carbocycles. The number of aromatic nitrogens is 5. The average molecular weight is 275 g/mol. The predicted octanol–water partition coefficient (Wildman–Crippen LogP) is 2.33. The van der Waals surface area contributed by atoms with Gasteiger partial charge < -0.3 is 9.09 Å². The van der Waals surface area contributed by atoms with Gasteiger partial charge in [0.15, 0.2) is 5.82 Å². The fraction of sp³-hybridized carbons (Fsp3) is 0.250. The van der Waals surface area contributed by atoms with Crippen LogP contribution in [0, 0.1) is 0 Å². The normalized spacial score (nSPS) is 11.1. The van der Waals surface area contributed by atoms with Crippen molar-refractivity contribution in [2.45, 2.75) is 5.75 Å². The highest BCUT2D eigenvalue weighted by molar-refractivity contribution is 7.97. The van der Waals surface area contributed by atoms with E-state index in [1.807, 2.05) is 42.3 Å². The zero-order chi connectivity index (χ0) is 13.2. The Hall–Kier alpha value is -2.02. The maximum Gasteiger partial charge on any atom is 0.275 e. The highest BCUT2D eigenvalue weighted by Crippen LogP contribution is 2.23. The summed E-state index contributed by atoms with van der Waals surface area (Å²) < 4.78 is 7.22. The summed E-state index contributed by atoms with van der Waals surface area (Å²) in [6, 6.07) is 5.89. The molecular weight excluding hydrogens is 262 g/mol. The van der Waals surface area contributed by atoms with Gasteiger partial charge in [0.2, 0.25) is 0 Å². The first-order valence-corrected chi connectivity index (χ1v) is 7.16. The van der Waals surface area contributed by atoms with E-state index in [2.05, 4.69) is 20.3 Å². The largest absolute Gasteiger partial charge is 0.349 e. The van der Waals surface area contributed by atoms with Crippen molar-refractivity contribution >= 4 is 11.8 Å². The van der Waals surface area contributed by atoms with E-state index >= 15 is 0 Å². The average Bonchev–Trinajstić information content (AvgIpc) is 3.08. The van der Waals surface area contributed by atoms with Crippen LogP contribution in [0.25, 0.3) is 23.0 Å². The highest BCUT2D eigenvalue weighted by atomic mass is 32.2. The Bertz CT molecular complexity index is 684. The minimum Gasteiger partial charge on any atom is -0.349 e. The first-order valence-electron chi connectivity index (χ1n) is 5.77. The molecule has 98 valence electrons. The summed E-state index contributed by atoms with van der Waals surface area (Å²) in [5, 5.41) is 11.1. The van der Waals surface area contributed by atoms with Crippen molar-refractivity contribution in [3.63, 3.8) is 0 Å². The molecule has 0 unspecified atom stereocenters. The molecule has 3 aromatic heterocycles. The third kappa shape index (κ3) is 2.28. The van der Waals surface area contributed by atoms with E-state index < -0.39 is 0 Å². The zero-order valence-electron chi connectivity index (χ0n) is 10.6. The second kappa shape index (κ2) is 4.93. The Morgan fingerprint density at radius 3 is 3.11 bits per heavy atom.